The summed E-state index contributed by atoms with van der Waals surface area (Å²) in [6, 6.07) is 4.40. The topological polar surface area (TPSA) is 34.1 Å². The fraction of sp³-hybridized carbons (Fsp3) is 0.667. The van der Waals surface area contributed by atoms with Gasteiger partial charge in [-0.3, -0.25) is 4.98 Å². The standard InChI is InChI=1S/C15H26N2O/c1-6-9-16-14(11-18-15(3,4)5)13-8-7-12(2)17-10-13/h7-8,10,14,16H,6,9,11H2,1-5H3. The van der Waals surface area contributed by atoms with E-state index in [1.54, 1.807) is 0 Å². The van der Waals surface area contributed by atoms with Crippen molar-refractivity contribution in [1.29, 1.82) is 0 Å². The van der Waals surface area contributed by atoms with Gasteiger partial charge >= 0.3 is 0 Å². The molecule has 1 rings (SSSR count). The van der Waals surface area contributed by atoms with Crippen LogP contribution in [-0.4, -0.2) is 23.7 Å². The summed E-state index contributed by atoms with van der Waals surface area (Å²) >= 11 is 0. The van der Waals surface area contributed by atoms with Crippen LogP contribution in [0.5, 0.6) is 0 Å². The summed E-state index contributed by atoms with van der Waals surface area (Å²) in [5, 5.41) is 3.51. The van der Waals surface area contributed by atoms with Crippen LogP contribution in [0.1, 0.15) is 51.4 Å². The van der Waals surface area contributed by atoms with Crippen molar-refractivity contribution in [3.63, 3.8) is 0 Å². The number of hydrogen-bond donors (Lipinski definition) is 1. The number of hydrogen-bond acceptors (Lipinski definition) is 3. The number of nitrogens with zero attached hydrogens (tertiary/aromatic N) is 1. The molecular weight excluding hydrogens is 224 g/mol. The van der Waals surface area contributed by atoms with Gasteiger partial charge in [0.2, 0.25) is 0 Å². The molecule has 0 saturated heterocycles. The molecule has 1 N–H and O–H groups in total. The van der Waals surface area contributed by atoms with Gasteiger partial charge < -0.3 is 10.1 Å². The minimum absolute atomic E-state index is 0.107. The van der Waals surface area contributed by atoms with Gasteiger partial charge in [-0.05, 0) is 52.3 Å². The Morgan fingerprint density at radius 3 is 2.56 bits per heavy atom. The average Bonchev–Trinajstić information content (AvgIpc) is 2.29. The molecule has 18 heavy (non-hydrogen) atoms. The van der Waals surface area contributed by atoms with Gasteiger partial charge in [-0.25, -0.2) is 0 Å². The van der Waals surface area contributed by atoms with Crippen LogP contribution in [0.25, 0.3) is 0 Å². The van der Waals surface area contributed by atoms with Crippen molar-refractivity contribution in [2.45, 2.75) is 52.7 Å². The number of aryl methyl sites for hydroxylation is 1. The fourth-order valence-electron chi connectivity index (χ4n) is 1.61. The van der Waals surface area contributed by atoms with Crippen LogP contribution < -0.4 is 5.32 Å². The lowest BCUT2D eigenvalue weighted by atomic mass is 10.1. The maximum atomic E-state index is 5.88. The van der Waals surface area contributed by atoms with E-state index in [9.17, 15) is 0 Å². The van der Waals surface area contributed by atoms with Crippen LogP contribution in [0.4, 0.5) is 0 Å². The summed E-state index contributed by atoms with van der Waals surface area (Å²) in [6.07, 6.45) is 3.06. The molecule has 102 valence electrons. The Bertz CT molecular complexity index is 341. The molecule has 0 aliphatic carbocycles. The highest BCUT2D eigenvalue weighted by atomic mass is 16.5. The van der Waals surface area contributed by atoms with Gasteiger partial charge in [0.1, 0.15) is 0 Å². The first-order chi connectivity index (χ1) is 8.42. The Morgan fingerprint density at radius 1 is 1.33 bits per heavy atom. The molecule has 0 saturated carbocycles. The van der Waals surface area contributed by atoms with E-state index in [0.717, 1.165) is 18.7 Å². The lowest BCUT2D eigenvalue weighted by molar-refractivity contribution is -0.0148. The zero-order valence-electron chi connectivity index (χ0n) is 12.3. The first-order valence-electron chi connectivity index (χ1n) is 6.72. The van der Waals surface area contributed by atoms with Crippen LogP contribution in [0, 0.1) is 6.92 Å². The Balaban J connectivity index is 2.68. The number of aromatic nitrogens is 1. The van der Waals surface area contributed by atoms with E-state index < -0.39 is 0 Å². The van der Waals surface area contributed by atoms with Crippen LogP contribution in [0.15, 0.2) is 18.3 Å². The van der Waals surface area contributed by atoms with Crippen LogP contribution in [0.3, 0.4) is 0 Å². The second-order valence-electron chi connectivity index (χ2n) is 5.66. The van der Waals surface area contributed by atoms with Gasteiger partial charge in [-0.2, -0.15) is 0 Å². The predicted molar refractivity (Wildman–Crippen MR) is 75.7 cm³/mol. The van der Waals surface area contributed by atoms with E-state index in [2.05, 4.69) is 44.1 Å². The molecular formula is C15H26N2O. The normalized spacial score (nSPS) is 13.6. The maximum absolute atomic E-state index is 5.88. The molecule has 0 radical (unpaired) electrons. The predicted octanol–water partition coefficient (Wildman–Crippen LogP) is 3.25. The molecule has 3 nitrogen and oxygen atoms in total. The third-order valence-electron chi connectivity index (χ3n) is 2.66. The summed E-state index contributed by atoms with van der Waals surface area (Å²) in [5.74, 6) is 0. The molecule has 1 aromatic heterocycles. The molecule has 1 aromatic rings. The summed E-state index contributed by atoms with van der Waals surface area (Å²) in [7, 11) is 0. The number of ether oxygens (including phenoxy) is 1. The Labute approximate surface area is 111 Å². The number of rotatable bonds is 6. The highest BCUT2D eigenvalue weighted by Crippen LogP contribution is 2.16. The van der Waals surface area contributed by atoms with Gasteiger partial charge in [0.05, 0.1) is 18.2 Å². The smallest absolute Gasteiger partial charge is 0.0669 e. The lowest BCUT2D eigenvalue weighted by Crippen LogP contribution is -2.30. The van der Waals surface area contributed by atoms with E-state index >= 15 is 0 Å². The minimum atomic E-state index is -0.107. The largest absolute Gasteiger partial charge is 0.374 e. The van der Waals surface area contributed by atoms with Crippen molar-refractivity contribution < 1.29 is 4.74 Å². The molecule has 0 bridgehead atoms. The average molecular weight is 250 g/mol. The molecule has 1 atom stereocenters. The summed E-state index contributed by atoms with van der Waals surface area (Å²) in [5.41, 5.74) is 2.13. The van der Waals surface area contributed by atoms with Gasteiger partial charge in [0.15, 0.2) is 0 Å². The van der Waals surface area contributed by atoms with Crippen molar-refractivity contribution in [3.8, 4) is 0 Å². The van der Waals surface area contributed by atoms with Crippen molar-refractivity contribution in [3.05, 3.63) is 29.6 Å². The Morgan fingerprint density at radius 2 is 2.06 bits per heavy atom. The van der Waals surface area contributed by atoms with Crippen LogP contribution in [-0.2, 0) is 4.74 Å². The quantitative estimate of drug-likeness (QED) is 0.841. The van der Waals surface area contributed by atoms with Crippen molar-refractivity contribution in [2.75, 3.05) is 13.2 Å². The Hall–Kier alpha value is -0.930. The summed E-state index contributed by atoms with van der Waals surface area (Å²) < 4.78 is 5.88. The second kappa shape index (κ2) is 6.86. The lowest BCUT2D eigenvalue weighted by Gasteiger charge is -2.25. The number of nitrogens with one attached hydrogen (secondary N) is 1. The maximum Gasteiger partial charge on any atom is 0.0669 e. The van der Waals surface area contributed by atoms with E-state index in [1.807, 2.05) is 19.2 Å². The van der Waals surface area contributed by atoms with E-state index in [4.69, 9.17) is 4.74 Å². The first kappa shape index (κ1) is 15.1. The molecule has 0 aliphatic heterocycles. The molecule has 3 heteroatoms. The van der Waals surface area contributed by atoms with Crippen molar-refractivity contribution >= 4 is 0 Å². The highest BCUT2D eigenvalue weighted by molar-refractivity contribution is 5.17. The van der Waals surface area contributed by atoms with E-state index in [1.165, 1.54) is 5.56 Å². The zero-order valence-corrected chi connectivity index (χ0v) is 12.3. The van der Waals surface area contributed by atoms with Gasteiger partial charge in [0.25, 0.3) is 0 Å². The molecule has 0 aliphatic rings. The SMILES string of the molecule is CCCNC(COC(C)(C)C)c1ccc(C)nc1. The summed E-state index contributed by atoms with van der Waals surface area (Å²) in [6.45, 7) is 12.1. The van der Waals surface area contributed by atoms with E-state index in [-0.39, 0.29) is 11.6 Å². The second-order valence-corrected chi connectivity index (χ2v) is 5.66. The zero-order chi connectivity index (χ0) is 13.6. The first-order valence-corrected chi connectivity index (χ1v) is 6.72. The van der Waals surface area contributed by atoms with Crippen molar-refractivity contribution in [2.24, 2.45) is 0 Å². The fourth-order valence-corrected chi connectivity index (χ4v) is 1.61. The molecule has 0 fully saturated rings. The third kappa shape index (κ3) is 5.61. The molecule has 0 aromatic carbocycles. The van der Waals surface area contributed by atoms with Gasteiger partial charge in [0, 0.05) is 11.9 Å². The monoisotopic (exact) mass is 250 g/mol. The van der Waals surface area contributed by atoms with Crippen LogP contribution in [0.2, 0.25) is 0 Å². The van der Waals surface area contributed by atoms with Gasteiger partial charge in [-0.1, -0.05) is 13.0 Å². The van der Waals surface area contributed by atoms with Crippen molar-refractivity contribution in [1.82, 2.24) is 10.3 Å². The Kier molecular flexibility index (Phi) is 5.76. The highest BCUT2D eigenvalue weighted by Gasteiger charge is 2.16. The molecule has 0 amide bonds. The van der Waals surface area contributed by atoms with E-state index in [0.29, 0.717) is 6.61 Å². The third-order valence-corrected chi connectivity index (χ3v) is 2.66. The molecule has 1 heterocycles. The molecule has 0 spiro atoms. The minimum Gasteiger partial charge on any atom is -0.374 e. The van der Waals surface area contributed by atoms with Gasteiger partial charge in [-0.15, -0.1) is 0 Å². The number of pyridine rings is 1. The van der Waals surface area contributed by atoms with Crippen LogP contribution >= 0.6 is 0 Å². The molecule has 1 unspecified atom stereocenters. The summed E-state index contributed by atoms with van der Waals surface area (Å²) in [4.78, 5) is 4.36.